The van der Waals surface area contributed by atoms with Crippen LogP contribution in [-0.2, 0) is 10.2 Å². The third kappa shape index (κ3) is 4.15. The summed E-state index contributed by atoms with van der Waals surface area (Å²) < 4.78 is 5.93. The number of hydrogen-bond donors (Lipinski definition) is 1. The van der Waals surface area contributed by atoms with Crippen molar-refractivity contribution in [1.82, 2.24) is 10.3 Å². The molecule has 0 bridgehead atoms. The van der Waals surface area contributed by atoms with E-state index >= 15 is 0 Å². The SMILES string of the molecule is CNC(=O)c1cc([N+](=O)[O-])ccc1N1CCOC(c2nc(C(C)(C)C)cs2)C1. The lowest BCUT2D eigenvalue weighted by atomic mass is 9.93. The Morgan fingerprint density at radius 3 is 2.79 bits per heavy atom. The molecule has 1 N–H and O–H groups in total. The number of nitrogens with zero attached hydrogens (tertiary/aromatic N) is 3. The van der Waals surface area contributed by atoms with E-state index in [1.807, 2.05) is 4.90 Å². The second-order valence-corrected chi connectivity index (χ2v) is 8.55. The quantitative estimate of drug-likeness (QED) is 0.620. The van der Waals surface area contributed by atoms with Gasteiger partial charge in [-0.2, -0.15) is 0 Å². The van der Waals surface area contributed by atoms with Gasteiger partial charge < -0.3 is 15.0 Å². The number of anilines is 1. The van der Waals surface area contributed by atoms with Gasteiger partial charge in [-0.05, 0) is 6.07 Å². The first-order chi connectivity index (χ1) is 13.2. The third-order valence-electron chi connectivity index (χ3n) is 4.64. The van der Waals surface area contributed by atoms with Crippen LogP contribution in [0, 0.1) is 10.1 Å². The molecule has 1 aliphatic heterocycles. The molecule has 0 saturated carbocycles. The molecule has 28 heavy (non-hydrogen) atoms. The molecule has 0 radical (unpaired) electrons. The second kappa shape index (κ2) is 7.84. The molecule has 1 unspecified atom stereocenters. The fourth-order valence-electron chi connectivity index (χ4n) is 3.03. The first-order valence-corrected chi connectivity index (χ1v) is 9.91. The van der Waals surface area contributed by atoms with Crippen LogP contribution in [0.2, 0.25) is 0 Å². The molecule has 8 nitrogen and oxygen atoms in total. The van der Waals surface area contributed by atoms with E-state index in [0.717, 1.165) is 10.7 Å². The molecule has 2 aromatic rings. The molecule has 1 aromatic carbocycles. The average Bonchev–Trinajstić information content (AvgIpc) is 3.17. The number of amides is 1. The van der Waals surface area contributed by atoms with Crippen LogP contribution in [0.15, 0.2) is 23.6 Å². The molecule has 1 fully saturated rings. The Morgan fingerprint density at radius 2 is 2.18 bits per heavy atom. The summed E-state index contributed by atoms with van der Waals surface area (Å²) in [5, 5.41) is 16.6. The third-order valence-corrected chi connectivity index (χ3v) is 5.57. The van der Waals surface area contributed by atoms with E-state index in [-0.39, 0.29) is 28.7 Å². The number of non-ortho nitro benzene ring substituents is 1. The number of hydrogen-bond acceptors (Lipinski definition) is 7. The molecule has 1 saturated heterocycles. The van der Waals surface area contributed by atoms with Crippen LogP contribution in [0.1, 0.15) is 47.9 Å². The zero-order valence-electron chi connectivity index (χ0n) is 16.4. The van der Waals surface area contributed by atoms with Gasteiger partial charge in [0.1, 0.15) is 11.1 Å². The number of carbonyl (C=O) groups is 1. The summed E-state index contributed by atoms with van der Waals surface area (Å²) in [7, 11) is 1.51. The van der Waals surface area contributed by atoms with Gasteiger partial charge in [-0.25, -0.2) is 4.98 Å². The first-order valence-electron chi connectivity index (χ1n) is 9.03. The smallest absolute Gasteiger partial charge is 0.270 e. The predicted molar refractivity (Wildman–Crippen MR) is 108 cm³/mol. The van der Waals surface area contributed by atoms with Crippen LogP contribution >= 0.6 is 11.3 Å². The maximum atomic E-state index is 12.3. The number of carbonyl (C=O) groups excluding carboxylic acids is 1. The van der Waals surface area contributed by atoms with Gasteiger partial charge in [0, 0.05) is 36.5 Å². The summed E-state index contributed by atoms with van der Waals surface area (Å²) in [6.07, 6.45) is -0.206. The monoisotopic (exact) mass is 404 g/mol. The number of nitrogens with one attached hydrogen (secondary N) is 1. The molecular formula is C19H24N4O4S. The zero-order valence-corrected chi connectivity index (χ0v) is 17.2. The molecule has 2 heterocycles. The number of nitro benzene ring substituents is 1. The van der Waals surface area contributed by atoms with Crippen molar-refractivity contribution in [3.05, 3.63) is 50.0 Å². The maximum absolute atomic E-state index is 12.3. The Morgan fingerprint density at radius 1 is 1.43 bits per heavy atom. The lowest BCUT2D eigenvalue weighted by Gasteiger charge is -2.34. The predicted octanol–water partition coefficient (Wildman–Crippen LogP) is 3.29. The molecule has 1 atom stereocenters. The van der Waals surface area contributed by atoms with Crippen LogP contribution in [0.5, 0.6) is 0 Å². The number of aromatic nitrogens is 1. The minimum Gasteiger partial charge on any atom is -0.367 e. The van der Waals surface area contributed by atoms with E-state index < -0.39 is 4.92 Å². The molecule has 1 aliphatic rings. The Bertz CT molecular complexity index is 890. The first kappa shape index (κ1) is 20.2. The summed E-state index contributed by atoms with van der Waals surface area (Å²) in [5.41, 5.74) is 1.82. The van der Waals surface area contributed by atoms with Crippen LogP contribution in [0.25, 0.3) is 0 Å². The van der Waals surface area contributed by atoms with Crippen LogP contribution in [-0.4, -0.2) is 42.6 Å². The van der Waals surface area contributed by atoms with Crippen molar-refractivity contribution in [2.45, 2.75) is 32.3 Å². The fraction of sp³-hybridized carbons (Fsp3) is 0.474. The number of benzene rings is 1. The molecule has 1 amide bonds. The second-order valence-electron chi connectivity index (χ2n) is 7.66. The summed E-state index contributed by atoms with van der Waals surface area (Å²) in [4.78, 5) is 29.7. The minimum absolute atomic E-state index is 0.0339. The standard InChI is InChI=1S/C19H24N4O4S/c1-19(2,3)16-11-28-18(21-16)15-10-22(7-8-27-15)14-6-5-12(23(25)26)9-13(14)17(24)20-4/h5-6,9,11,15H,7-8,10H2,1-4H3,(H,20,24). The number of rotatable bonds is 4. The Kier molecular flexibility index (Phi) is 5.66. The van der Waals surface area contributed by atoms with Crippen molar-refractivity contribution in [2.75, 3.05) is 31.6 Å². The highest BCUT2D eigenvalue weighted by Crippen LogP contribution is 2.33. The summed E-state index contributed by atoms with van der Waals surface area (Å²) in [5.74, 6) is -0.356. The summed E-state index contributed by atoms with van der Waals surface area (Å²) in [6.45, 7) is 7.96. The topological polar surface area (TPSA) is 97.6 Å². The fourth-order valence-corrected chi connectivity index (χ4v) is 4.11. The van der Waals surface area contributed by atoms with Gasteiger partial charge in [0.25, 0.3) is 11.6 Å². The highest BCUT2D eigenvalue weighted by Gasteiger charge is 2.29. The van der Waals surface area contributed by atoms with Crippen LogP contribution in [0.3, 0.4) is 0 Å². The molecule has 9 heteroatoms. The number of morpholine rings is 1. The van der Waals surface area contributed by atoms with Crippen molar-refractivity contribution in [1.29, 1.82) is 0 Å². The zero-order chi connectivity index (χ0) is 20.5. The summed E-state index contributed by atoms with van der Waals surface area (Å²) in [6, 6.07) is 4.38. The van der Waals surface area contributed by atoms with Crippen LogP contribution in [0.4, 0.5) is 11.4 Å². The molecule has 150 valence electrons. The molecule has 0 aliphatic carbocycles. The van der Waals surface area contributed by atoms with Crippen molar-refractivity contribution in [3.63, 3.8) is 0 Å². The number of thiazole rings is 1. The van der Waals surface area contributed by atoms with E-state index in [4.69, 9.17) is 9.72 Å². The normalized spacial score (nSPS) is 17.4. The maximum Gasteiger partial charge on any atom is 0.270 e. The van der Waals surface area contributed by atoms with E-state index in [1.54, 1.807) is 17.4 Å². The van der Waals surface area contributed by atoms with Crippen molar-refractivity contribution in [2.24, 2.45) is 0 Å². The average molecular weight is 404 g/mol. The van der Waals surface area contributed by atoms with E-state index in [9.17, 15) is 14.9 Å². The minimum atomic E-state index is -0.498. The van der Waals surface area contributed by atoms with Crippen molar-refractivity contribution >= 4 is 28.6 Å². The van der Waals surface area contributed by atoms with Gasteiger partial charge in [-0.3, -0.25) is 14.9 Å². The van der Waals surface area contributed by atoms with Crippen LogP contribution < -0.4 is 10.2 Å². The lowest BCUT2D eigenvalue weighted by molar-refractivity contribution is -0.384. The van der Waals surface area contributed by atoms with Crippen molar-refractivity contribution in [3.8, 4) is 0 Å². The largest absolute Gasteiger partial charge is 0.367 e. The Hall–Kier alpha value is -2.52. The van der Waals surface area contributed by atoms with E-state index in [2.05, 4.69) is 31.5 Å². The molecule has 3 rings (SSSR count). The van der Waals surface area contributed by atoms with Crippen molar-refractivity contribution < 1.29 is 14.5 Å². The van der Waals surface area contributed by atoms with Gasteiger partial charge in [-0.15, -0.1) is 11.3 Å². The highest BCUT2D eigenvalue weighted by atomic mass is 32.1. The van der Waals surface area contributed by atoms with Gasteiger partial charge in [0.05, 0.1) is 35.0 Å². The van der Waals surface area contributed by atoms with Gasteiger partial charge in [0.2, 0.25) is 0 Å². The Labute approximate surface area is 167 Å². The van der Waals surface area contributed by atoms with Gasteiger partial charge in [-0.1, -0.05) is 20.8 Å². The van der Waals surface area contributed by atoms with Gasteiger partial charge in [0.15, 0.2) is 0 Å². The molecule has 0 spiro atoms. The number of nitro groups is 1. The van der Waals surface area contributed by atoms with Gasteiger partial charge >= 0.3 is 0 Å². The number of ether oxygens (including phenoxy) is 1. The Balaban J connectivity index is 1.89. The van der Waals surface area contributed by atoms with E-state index in [0.29, 0.717) is 25.4 Å². The summed E-state index contributed by atoms with van der Waals surface area (Å²) >= 11 is 1.57. The van der Waals surface area contributed by atoms with E-state index in [1.165, 1.54) is 19.2 Å². The lowest BCUT2D eigenvalue weighted by Crippen LogP contribution is -2.39. The molecule has 1 aromatic heterocycles. The molecular weight excluding hydrogens is 380 g/mol. The highest BCUT2D eigenvalue weighted by molar-refractivity contribution is 7.09.